The van der Waals surface area contributed by atoms with Gasteiger partial charge in [0.25, 0.3) is 5.69 Å². The molecule has 118 valence electrons. The number of nitrogens with two attached hydrogens (primary N) is 1. The van der Waals surface area contributed by atoms with Gasteiger partial charge in [-0.2, -0.15) is 0 Å². The summed E-state index contributed by atoms with van der Waals surface area (Å²) in [5.74, 6) is 0.0985. The van der Waals surface area contributed by atoms with Gasteiger partial charge in [0.2, 0.25) is 0 Å². The molecule has 3 rings (SSSR count). The molecule has 0 amide bonds. The fraction of sp³-hybridized carbons (Fsp3) is 0.500. The Morgan fingerprint density at radius 3 is 3.09 bits per heavy atom. The van der Waals surface area contributed by atoms with Gasteiger partial charge in [0.15, 0.2) is 5.17 Å². The zero-order valence-corrected chi connectivity index (χ0v) is 12.8. The molecule has 1 aromatic carbocycles. The molecule has 0 aliphatic carbocycles. The molecule has 2 N–H and O–H groups in total. The zero-order valence-electron chi connectivity index (χ0n) is 12.0. The van der Waals surface area contributed by atoms with Crippen LogP contribution in [0.1, 0.15) is 18.9 Å². The monoisotopic (exact) mass is 325 g/mol. The summed E-state index contributed by atoms with van der Waals surface area (Å²) in [6.45, 7) is 2.19. The van der Waals surface area contributed by atoms with E-state index in [1.807, 2.05) is 6.92 Å². The van der Waals surface area contributed by atoms with Crippen LogP contribution in [-0.4, -0.2) is 28.6 Å². The molecular weight excluding hydrogens is 309 g/mol. The van der Waals surface area contributed by atoms with E-state index in [4.69, 9.17) is 10.5 Å². The van der Waals surface area contributed by atoms with Crippen molar-refractivity contribution in [2.45, 2.75) is 25.0 Å². The number of nitro benzene ring substituents is 1. The maximum absolute atomic E-state index is 14.4. The molecule has 0 spiro atoms. The Morgan fingerprint density at radius 1 is 1.64 bits per heavy atom. The number of halogens is 1. The highest BCUT2D eigenvalue weighted by atomic mass is 32.2. The van der Waals surface area contributed by atoms with Gasteiger partial charge in [-0.15, -0.1) is 0 Å². The smallest absolute Gasteiger partial charge is 0.270 e. The molecule has 1 saturated heterocycles. The number of rotatable bonds is 3. The third-order valence-electron chi connectivity index (χ3n) is 4.33. The van der Waals surface area contributed by atoms with Crippen LogP contribution in [0.2, 0.25) is 0 Å². The van der Waals surface area contributed by atoms with Gasteiger partial charge in [0.1, 0.15) is 11.4 Å². The predicted octanol–water partition coefficient (Wildman–Crippen LogP) is 2.42. The van der Waals surface area contributed by atoms with E-state index in [9.17, 15) is 14.5 Å². The van der Waals surface area contributed by atoms with Crippen molar-refractivity contribution in [3.63, 3.8) is 0 Å². The summed E-state index contributed by atoms with van der Waals surface area (Å²) in [5, 5.41) is 11.4. The van der Waals surface area contributed by atoms with Gasteiger partial charge in [0.05, 0.1) is 17.6 Å². The van der Waals surface area contributed by atoms with Crippen molar-refractivity contribution in [2.75, 3.05) is 12.4 Å². The molecule has 0 saturated carbocycles. The van der Waals surface area contributed by atoms with Crippen LogP contribution < -0.4 is 5.73 Å². The lowest BCUT2D eigenvalue weighted by Gasteiger charge is -2.35. The third-order valence-corrected chi connectivity index (χ3v) is 5.24. The molecule has 0 radical (unpaired) electrons. The Balaban J connectivity index is 2.16. The van der Waals surface area contributed by atoms with Crippen molar-refractivity contribution in [3.05, 3.63) is 39.7 Å². The Hall–Kier alpha value is -1.67. The second kappa shape index (κ2) is 5.51. The van der Waals surface area contributed by atoms with E-state index in [1.165, 1.54) is 17.8 Å². The molecule has 6 nitrogen and oxygen atoms in total. The predicted molar refractivity (Wildman–Crippen MR) is 82.3 cm³/mol. The molecule has 0 unspecified atom stereocenters. The summed E-state index contributed by atoms with van der Waals surface area (Å²) < 4.78 is 20.2. The number of aliphatic imine (C=N–C) groups is 1. The van der Waals surface area contributed by atoms with E-state index in [0.29, 0.717) is 10.9 Å². The van der Waals surface area contributed by atoms with Crippen LogP contribution in [0.25, 0.3) is 0 Å². The first kappa shape index (κ1) is 15.2. The van der Waals surface area contributed by atoms with Gasteiger partial charge in [-0.3, -0.25) is 10.1 Å². The Labute approximate surface area is 131 Å². The number of hydrogen-bond acceptors (Lipinski definition) is 6. The highest BCUT2D eigenvalue weighted by Crippen LogP contribution is 2.49. The molecule has 2 heterocycles. The van der Waals surface area contributed by atoms with Gasteiger partial charge in [-0.25, -0.2) is 9.38 Å². The Morgan fingerprint density at radius 2 is 2.41 bits per heavy atom. The van der Waals surface area contributed by atoms with Crippen molar-refractivity contribution in [1.29, 1.82) is 0 Å². The van der Waals surface area contributed by atoms with E-state index >= 15 is 0 Å². The fourth-order valence-electron chi connectivity index (χ4n) is 3.23. The lowest BCUT2D eigenvalue weighted by molar-refractivity contribution is -0.385. The summed E-state index contributed by atoms with van der Waals surface area (Å²) in [4.78, 5) is 14.9. The summed E-state index contributed by atoms with van der Waals surface area (Å²) in [7, 11) is 0. The second-order valence-corrected chi connectivity index (χ2v) is 6.51. The highest BCUT2D eigenvalue weighted by molar-refractivity contribution is 8.13. The van der Waals surface area contributed by atoms with Crippen molar-refractivity contribution >= 4 is 22.6 Å². The molecule has 22 heavy (non-hydrogen) atoms. The minimum Gasteiger partial charge on any atom is -0.379 e. The first-order valence-corrected chi connectivity index (χ1v) is 8.00. The largest absolute Gasteiger partial charge is 0.379 e. The van der Waals surface area contributed by atoms with Crippen LogP contribution in [0.5, 0.6) is 0 Å². The molecule has 3 atom stereocenters. The number of ether oxygens (including phenoxy) is 1. The molecule has 0 aromatic heterocycles. The number of non-ortho nitro benzene ring substituents is 1. The maximum atomic E-state index is 14.4. The molecular formula is C14H16FN3O3S. The average Bonchev–Trinajstić information content (AvgIpc) is 2.85. The van der Waals surface area contributed by atoms with Crippen molar-refractivity contribution < 1.29 is 14.1 Å². The number of fused-ring (bicyclic) bond motifs is 1. The number of nitrogens with zero attached hydrogens (tertiary/aromatic N) is 2. The lowest BCUT2D eigenvalue weighted by Crippen LogP contribution is -2.42. The molecule has 2 aliphatic heterocycles. The third kappa shape index (κ3) is 2.26. The van der Waals surface area contributed by atoms with Crippen molar-refractivity contribution in [1.82, 2.24) is 0 Å². The van der Waals surface area contributed by atoms with E-state index in [-0.39, 0.29) is 29.9 Å². The Bertz CT molecular complexity index is 654. The SMILES string of the molecule is CC[C@@H]1OC[C@@]2(c3cc([N+](=O)[O-])ccc3F)N=C(N)SC[C@H]12. The summed E-state index contributed by atoms with van der Waals surface area (Å²) in [5.41, 5.74) is 4.93. The number of amidine groups is 1. The van der Waals surface area contributed by atoms with E-state index in [2.05, 4.69) is 4.99 Å². The topological polar surface area (TPSA) is 90.8 Å². The normalized spacial score (nSPS) is 30.7. The summed E-state index contributed by atoms with van der Waals surface area (Å²) in [6, 6.07) is 3.53. The fourth-order valence-corrected chi connectivity index (χ4v) is 4.30. The van der Waals surface area contributed by atoms with Crippen LogP contribution in [0.3, 0.4) is 0 Å². The number of benzene rings is 1. The van der Waals surface area contributed by atoms with Gasteiger partial charge in [-0.05, 0) is 12.5 Å². The van der Waals surface area contributed by atoms with Crippen LogP contribution >= 0.6 is 11.8 Å². The summed E-state index contributed by atoms with van der Waals surface area (Å²) >= 11 is 1.41. The lowest BCUT2D eigenvalue weighted by atomic mass is 9.78. The quantitative estimate of drug-likeness (QED) is 0.681. The minimum atomic E-state index is -0.966. The van der Waals surface area contributed by atoms with E-state index in [0.717, 1.165) is 18.6 Å². The average molecular weight is 325 g/mol. The maximum Gasteiger partial charge on any atom is 0.270 e. The molecule has 1 aromatic rings. The van der Waals surface area contributed by atoms with Crippen molar-refractivity contribution in [3.8, 4) is 0 Å². The molecule has 8 heteroatoms. The van der Waals surface area contributed by atoms with Crippen molar-refractivity contribution in [2.24, 2.45) is 16.6 Å². The molecule has 2 aliphatic rings. The summed E-state index contributed by atoms with van der Waals surface area (Å²) in [6.07, 6.45) is 0.724. The van der Waals surface area contributed by atoms with Crippen LogP contribution in [0.15, 0.2) is 23.2 Å². The highest BCUT2D eigenvalue weighted by Gasteiger charge is 2.53. The number of thioether (sulfide) groups is 1. The Kier molecular flexibility index (Phi) is 3.82. The molecule has 1 fully saturated rings. The van der Waals surface area contributed by atoms with E-state index < -0.39 is 16.3 Å². The zero-order chi connectivity index (χ0) is 15.9. The van der Waals surface area contributed by atoms with Gasteiger partial charge in [0, 0.05) is 29.4 Å². The number of nitro groups is 1. The standard InChI is InChI=1S/C14H16FN3O3S/c1-2-12-10-6-22-13(16)17-14(10,7-21-12)9-5-8(18(19)20)3-4-11(9)15/h3-5,10,12H,2,6-7H2,1H3,(H2,16,17)/t10-,12+,14+/m1/s1. The number of hydrogen-bond donors (Lipinski definition) is 1. The first-order valence-electron chi connectivity index (χ1n) is 7.02. The first-order chi connectivity index (χ1) is 10.5. The van der Waals surface area contributed by atoms with E-state index in [1.54, 1.807) is 0 Å². The molecule has 0 bridgehead atoms. The van der Waals surface area contributed by atoms with Gasteiger partial charge >= 0.3 is 0 Å². The van der Waals surface area contributed by atoms with Crippen LogP contribution in [-0.2, 0) is 10.3 Å². The van der Waals surface area contributed by atoms with Crippen LogP contribution in [0, 0.1) is 21.8 Å². The minimum absolute atomic E-state index is 0.0497. The van der Waals surface area contributed by atoms with Gasteiger partial charge in [-0.1, -0.05) is 18.7 Å². The van der Waals surface area contributed by atoms with Crippen LogP contribution in [0.4, 0.5) is 10.1 Å². The van der Waals surface area contributed by atoms with Gasteiger partial charge < -0.3 is 10.5 Å². The second-order valence-electron chi connectivity index (χ2n) is 5.47.